The second-order valence-electron chi connectivity index (χ2n) is 7.59. The molecule has 0 radical (unpaired) electrons. The number of hydrogen-bond acceptors (Lipinski definition) is 6. The van der Waals surface area contributed by atoms with Crippen LogP contribution in [0, 0.1) is 5.92 Å². The largest absolute Gasteiger partial charge is 0.493 e. The van der Waals surface area contributed by atoms with Crippen LogP contribution in [0.4, 0.5) is 5.69 Å². The Kier molecular flexibility index (Phi) is 6.29. The Morgan fingerprint density at radius 1 is 1.09 bits per heavy atom. The number of nitrogens with one attached hydrogen (secondary N) is 1. The first-order valence-electron chi connectivity index (χ1n) is 10.3. The molecule has 0 aliphatic carbocycles. The van der Waals surface area contributed by atoms with Crippen LogP contribution < -0.4 is 14.8 Å². The molecule has 2 aromatic carbocycles. The van der Waals surface area contributed by atoms with Gasteiger partial charge in [-0.2, -0.15) is 4.31 Å². The summed E-state index contributed by atoms with van der Waals surface area (Å²) in [6, 6.07) is 13.8. The van der Waals surface area contributed by atoms with E-state index in [9.17, 15) is 13.2 Å². The van der Waals surface area contributed by atoms with E-state index < -0.39 is 15.9 Å². The molecule has 0 bridgehead atoms. The minimum Gasteiger partial charge on any atom is -0.493 e. The molecular formula is C23H25N3O5S. The molecule has 8 nitrogen and oxygen atoms in total. The summed E-state index contributed by atoms with van der Waals surface area (Å²) < 4.78 is 38.7. The fraction of sp³-hybridized carbons (Fsp3) is 0.304. The highest BCUT2D eigenvalue weighted by Gasteiger charge is 2.34. The molecule has 3 aromatic rings. The van der Waals surface area contributed by atoms with E-state index in [0.717, 1.165) is 5.39 Å². The number of methoxy groups -OCH3 is 2. The number of rotatable bonds is 6. The topological polar surface area (TPSA) is 97.8 Å². The van der Waals surface area contributed by atoms with Crippen molar-refractivity contribution in [3.05, 3.63) is 54.7 Å². The number of pyridine rings is 1. The maximum atomic E-state index is 13.4. The zero-order valence-corrected chi connectivity index (χ0v) is 18.8. The molecule has 168 valence electrons. The van der Waals surface area contributed by atoms with Gasteiger partial charge < -0.3 is 14.8 Å². The fourth-order valence-corrected chi connectivity index (χ4v) is 5.65. The van der Waals surface area contributed by atoms with Crippen LogP contribution in [0.1, 0.15) is 12.8 Å². The first-order chi connectivity index (χ1) is 15.4. The molecule has 1 amide bonds. The highest BCUT2D eigenvalue weighted by atomic mass is 32.2. The first kappa shape index (κ1) is 22.0. The van der Waals surface area contributed by atoms with E-state index in [4.69, 9.17) is 9.47 Å². The number of fused-ring (bicyclic) bond motifs is 1. The SMILES string of the molecule is COc1ccc(NC(=O)[C@H]2CCCN(S(=O)(=O)c3cccc4cccnc34)C2)cc1OC. The van der Waals surface area contributed by atoms with Crippen LogP contribution in [-0.4, -0.2) is 50.9 Å². The van der Waals surface area contributed by atoms with Crippen molar-refractivity contribution < 1.29 is 22.7 Å². The summed E-state index contributed by atoms with van der Waals surface area (Å²) in [6.45, 7) is 0.483. The summed E-state index contributed by atoms with van der Waals surface area (Å²) in [5, 5.41) is 3.63. The van der Waals surface area contributed by atoms with Crippen molar-refractivity contribution in [2.24, 2.45) is 5.92 Å². The number of amides is 1. The number of carbonyl (C=O) groups is 1. The van der Waals surface area contributed by atoms with Crippen molar-refractivity contribution in [1.29, 1.82) is 0 Å². The van der Waals surface area contributed by atoms with Crippen molar-refractivity contribution in [3.8, 4) is 11.5 Å². The zero-order valence-electron chi connectivity index (χ0n) is 17.9. The fourth-order valence-electron chi connectivity index (χ4n) is 3.96. The number of benzene rings is 2. The van der Waals surface area contributed by atoms with E-state index in [2.05, 4.69) is 10.3 Å². The lowest BCUT2D eigenvalue weighted by molar-refractivity contribution is -0.120. The number of sulfonamides is 1. The number of anilines is 1. The Bertz CT molecular complexity index is 1240. The zero-order chi connectivity index (χ0) is 22.7. The summed E-state index contributed by atoms with van der Waals surface area (Å²) in [6.07, 6.45) is 2.79. The van der Waals surface area contributed by atoms with Crippen molar-refractivity contribution in [1.82, 2.24) is 9.29 Å². The van der Waals surface area contributed by atoms with Gasteiger partial charge in [-0.3, -0.25) is 9.78 Å². The summed E-state index contributed by atoms with van der Waals surface area (Å²) in [5.74, 6) is 0.369. The van der Waals surface area contributed by atoms with Crippen molar-refractivity contribution in [2.45, 2.75) is 17.7 Å². The molecule has 4 rings (SSSR count). The van der Waals surface area contributed by atoms with E-state index in [-0.39, 0.29) is 17.3 Å². The molecule has 2 heterocycles. The third kappa shape index (κ3) is 4.26. The predicted octanol–water partition coefficient (Wildman–Crippen LogP) is 3.29. The normalized spacial score (nSPS) is 17.1. The van der Waals surface area contributed by atoms with E-state index in [1.54, 1.807) is 49.7 Å². The maximum Gasteiger partial charge on any atom is 0.245 e. The number of hydrogen-bond donors (Lipinski definition) is 1. The van der Waals surface area contributed by atoms with Gasteiger partial charge >= 0.3 is 0 Å². The number of ether oxygens (including phenoxy) is 2. The molecule has 0 spiro atoms. The molecule has 1 fully saturated rings. The van der Waals surface area contributed by atoms with Gasteiger partial charge in [-0.05, 0) is 37.1 Å². The molecule has 1 N–H and O–H groups in total. The van der Waals surface area contributed by atoms with Crippen LogP contribution in [0.25, 0.3) is 10.9 Å². The molecule has 0 saturated carbocycles. The van der Waals surface area contributed by atoms with Gasteiger partial charge in [-0.1, -0.05) is 18.2 Å². The standard InChI is InChI=1S/C23H25N3O5S/c1-30-19-11-10-18(14-20(19)31-2)25-23(27)17-8-5-13-26(15-17)32(28,29)21-9-3-6-16-7-4-12-24-22(16)21/h3-4,6-7,9-12,14,17H,5,8,13,15H2,1-2H3,(H,25,27)/t17-/m0/s1. The average molecular weight is 456 g/mol. The molecular weight excluding hydrogens is 430 g/mol. The van der Waals surface area contributed by atoms with Crippen LogP contribution in [0.5, 0.6) is 11.5 Å². The Balaban J connectivity index is 1.53. The highest BCUT2D eigenvalue weighted by Crippen LogP contribution is 2.31. The number of para-hydroxylation sites is 1. The maximum absolute atomic E-state index is 13.4. The second kappa shape index (κ2) is 9.13. The minimum atomic E-state index is -3.79. The Hall–Kier alpha value is -3.17. The number of piperidine rings is 1. The van der Waals surface area contributed by atoms with Crippen LogP contribution in [0.3, 0.4) is 0 Å². The third-order valence-electron chi connectivity index (χ3n) is 5.62. The first-order valence-corrected chi connectivity index (χ1v) is 11.7. The molecule has 1 aliphatic rings. The van der Waals surface area contributed by atoms with E-state index in [1.807, 2.05) is 12.1 Å². The Labute approximate surface area is 187 Å². The monoisotopic (exact) mass is 455 g/mol. The average Bonchev–Trinajstić information content (AvgIpc) is 2.83. The van der Waals surface area contributed by atoms with Crippen LogP contribution in [0.15, 0.2) is 59.6 Å². The molecule has 1 aliphatic heterocycles. The van der Waals surface area contributed by atoms with Gasteiger partial charge in [-0.25, -0.2) is 8.42 Å². The van der Waals surface area contributed by atoms with E-state index >= 15 is 0 Å². The summed E-state index contributed by atoms with van der Waals surface area (Å²) in [7, 11) is -0.730. The molecule has 9 heteroatoms. The lowest BCUT2D eigenvalue weighted by Crippen LogP contribution is -2.43. The van der Waals surface area contributed by atoms with E-state index in [0.29, 0.717) is 42.1 Å². The van der Waals surface area contributed by atoms with E-state index in [1.165, 1.54) is 11.4 Å². The summed E-state index contributed by atoms with van der Waals surface area (Å²) in [5.41, 5.74) is 0.998. The predicted molar refractivity (Wildman–Crippen MR) is 121 cm³/mol. The smallest absolute Gasteiger partial charge is 0.245 e. The van der Waals surface area contributed by atoms with Gasteiger partial charge in [0.2, 0.25) is 15.9 Å². The van der Waals surface area contributed by atoms with Gasteiger partial charge in [0, 0.05) is 36.4 Å². The molecule has 0 unspecified atom stereocenters. The summed E-state index contributed by atoms with van der Waals surface area (Å²) in [4.78, 5) is 17.4. The minimum absolute atomic E-state index is 0.116. The van der Waals surface area contributed by atoms with Gasteiger partial charge in [0.1, 0.15) is 4.90 Å². The quantitative estimate of drug-likeness (QED) is 0.613. The number of carbonyl (C=O) groups excluding carboxylic acids is 1. The number of aromatic nitrogens is 1. The Morgan fingerprint density at radius 2 is 1.88 bits per heavy atom. The molecule has 1 aromatic heterocycles. The van der Waals surface area contributed by atoms with Gasteiger partial charge in [0.05, 0.1) is 25.7 Å². The van der Waals surface area contributed by atoms with Gasteiger partial charge in [0.25, 0.3) is 0 Å². The van der Waals surface area contributed by atoms with Crippen molar-refractivity contribution in [2.75, 3.05) is 32.6 Å². The van der Waals surface area contributed by atoms with Crippen molar-refractivity contribution in [3.63, 3.8) is 0 Å². The third-order valence-corrected chi connectivity index (χ3v) is 7.52. The van der Waals surface area contributed by atoms with Crippen LogP contribution >= 0.6 is 0 Å². The molecule has 32 heavy (non-hydrogen) atoms. The Morgan fingerprint density at radius 3 is 2.66 bits per heavy atom. The molecule has 1 atom stereocenters. The lowest BCUT2D eigenvalue weighted by atomic mass is 9.98. The van der Waals surface area contributed by atoms with Gasteiger partial charge in [0.15, 0.2) is 11.5 Å². The highest BCUT2D eigenvalue weighted by molar-refractivity contribution is 7.89. The summed E-state index contributed by atoms with van der Waals surface area (Å²) >= 11 is 0. The van der Waals surface area contributed by atoms with Gasteiger partial charge in [-0.15, -0.1) is 0 Å². The van der Waals surface area contributed by atoms with Crippen molar-refractivity contribution >= 4 is 32.5 Å². The lowest BCUT2D eigenvalue weighted by Gasteiger charge is -2.31. The van der Waals surface area contributed by atoms with Crippen LogP contribution in [-0.2, 0) is 14.8 Å². The number of nitrogens with zero attached hydrogens (tertiary/aromatic N) is 2. The second-order valence-corrected chi connectivity index (χ2v) is 9.50. The van der Waals surface area contributed by atoms with Crippen LogP contribution in [0.2, 0.25) is 0 Å². The molecule has 1 saturated heterocycles.